The van der Waals surface area contributed by atoms with Gasteiger partial charge in [-0.2, -0.15) is 0 Å². The number of hydrogen-bond acceptors (Lipinski definition) is 10. The van der Waals surface area contributed by atoms with Gasteiger partial charge < -0.3 is 45.1 Å². The molecule has 1 fully saturated rings. The smallest absolute Gasteiger partial charge is 0.305 e. The molecule has 11 nitrogen and oxygen atoms in total. The van der Waals surface area contributed by atoms with Crippen LogP contribution in [-0.2, 0) is 23.8 Å². The molecule has 1 heterocycles. The minimum atomic E-state index is -1.58. The van der Waals surface area contributed by atoms with Gasteiger partial charge in [-0.05, 0) is 110 Å². The van der Waals surface area contributed by atoms with Crippen molar-refractivity contribution in [3.8, 4) is 0 Å². The Morgan fingerprint density at radius 3 is 1.26 bits per heavy atom. The summed E-state index contributed by atoms with van der Waals surface area (Å²) in [5.74, 6) is -0.194. The van der Waals surface area contributed by atoms with Crippen molar-refractivity contribution in [3.63, 3.8) is 0 Å². The van der Waals surface area contributed by atoms with E-state index < -0.39 is 49.5 Å². The van der Waals surface area contributed by atoms with Gasteiger partial charge in [-0.3, -0.25) is 9.59 Å². The summed E-state index contributed by atoms with van der Waals surface area (Å²) in [6.45, 7) is 4.11. The molecule has 11 heteroatoms. The fourth-order valence-electron chi connectivity index (χ4n) is 11.5. The van der Waals surface area contributed by atoms with Crippen LogP contribution < -0.4 is 5.32 Å². The summed E-state index contributed by atoms with van der Waals surface area (Å²) in [4.78, 5) is 25.1. The Bertz CT molecular complexity index is 1690. The highest BCUT2D eigenvalue weighted by atomic mass is 16.7. The van der Waals surface area contributed by atoms with Crippen LogP contribution in [0.5, 0.6) is 0 Å². The Balaban J connectivity index is 1.90. The average Bonchev–Trinajstić information content (AvgIpc) is 2.89. The first-order valence-corrected chi connectivity index (χ1v) is 37.2. The number of carbonyl (C=O) groups excluding carboxylic acids is 2. The van der Waals surface area contributed by atoms with Gasteiger partial charge in [0.25, 0.3) is 0 Å². The van der Waals surface area contributed by atoms with Gasteiger partial charge >= 0.3 is 5.97 Å². The molecule has 1 saturated heterocycles. The van der Waals surface area contributed by atoms with Crippen molar-refractivity contribution in [1.29, 1.82) is 0 Å². The molecule has 1 aliphatic rings. The second kappa shape index (κ2) is 65.6. The lowest BCUT2D eigenvalue weighted by molar-refractivity contribution is -0.302. The van der Waals surface area contributed by atoms with Gasteiger partial charge in [-0.1, -0.05) is 292 Å². The van der Waals surface area contributed by atoms with E-state index in [1.54, 1.807) is 6.08 Å². The summed E-state index contributed by atoms with van der Waals surface area (Å²) in [5.41, 5.74) is 0. The summed E-state index contributed by atoms with van der Waals surface area (Å²) < 4.78 is 16.7. The van der Waals surface area contributed by atoms with E-state index in [0.717, 1.165) is 70.6 Å². The van der Waals surface area contributed by atoms with Crippen LogP contribution in [0.25, 0.3) is 0 Å². The van der Waals surface area contributed by atoms with Crippen LogP contribution in [0, 0.1) is 0 Å². The third kappa shape index (κ3) is 53.7. The van der Waals surface area contributed by atoms with Crippen LogP contribution >= 0.6 is 0 Å². The van der Waals surface area contributed by atoms with E-state index >= 15 is 0 Å². The number of nitrogens with one attached hydrogen (secondary N) is 1. The summed E-state index contributed by atoms with van der Waals surface area (Å²) in [6.07, 6.45) is 79.5. The number of amides is 1. The Morgan fingerprint density at radius 1 is 0.443 bits per heavy atom. The monoisotopic (exact) mass is 1240 g/mol. The molecule has 0 saturated carbocycles. The molecule has 1 aliphatic heterocycles. The standard InChI is InChI=1S/C77H139NO10/c1-3-5-7-9-11-13-14-15-16-17-36-39-42-45-49-53-57-61-65-73(82)86-66-62-58-54-50-46-43-40-37-34-32-30-28-26-24-22-20-18-19-21-23-25-27-29-31-33-35-38-41-44-48-52-56-60-64-72(81)78-69(70(80)63-59-55-51-47-12-10-8-6-4-2)68-87-77-76(85)75(84)74(83)71(67-79)88-77/h4,6,12,16-17,22,24,28,30,47,59,63,69-71,74-77,79-80,83-85H,3,5,7-11,13-15,18-21,23,25-27,29,31-46,48-58,60-62,64-68H2,1-2H3,(H,78,81)/b6-4+,17-16-,24-22-,30-28-,47-12+,63-59+. The Hall–Kier alpha value is -2.90. The van der Waals surface area contributed by atoms with E-state index in [1.807, 2.05) is 19.1 Å². The minimum absolute atomic E-state index is 0.00339. The molecular weight excluding hydrogens is 1100 g/mol. The lowest BCUT2D eigenvalue weighted by Crippen LogP contribution is -2.60. The van der Waals surface area contributed by atoms with Gasteiger partial charge in [-0.25, -0.2) is 0 Å². The number of unbranched alkanes of at least 4 members (excludes halogenated alkanes) is 42. The highest BCUT2D eigenvalue weighted by molar-refractivity contribution is 5.76. The second-order valence-electron chi connectivity index (χ2n) is 25.6. The molecule has 0 aromatic rings. The lowest BCUT2D eigenvalue weighted by atomic mass is 9.99. The molecule has 1 amide bonds. The number of aliphatic hydroxyl groups is 5. The van der Waals surface area contributed by atoms with E-state index in [4.69, 9.17) is 14.2 Å². The molecule has 1 rings (SSSR count). The van der Waals surface area contributed by atoms with Crippen molar-refractivity contribution in [1.82, 2.24) is 5.32 Å². The number of aliphatic hydroxyl groups excluding tert-OH is 5. The molecule has 88 heavy (non-hydrogen) atoms. The van der Waals surface area contributed by atoms with E-state index in [2.05, 4.69) is 66.9 Å². The van der Waals surface area contributed by atoms with Crippen LogP contribution in [0.2, 0.25) is 0 Å². The largest absolute Gasteiger partial charge is 0.466 e. The Morgan fingerprint density at radius 2 is 0.818 bits per heavy atom. The van der Waals surface area contributed by atoms with Crippen molar-refractivity contribution in [2.45, 2.75) is 384 Å². The molecule has 0 aromatic carbocycles. The third-order valence-corrected chi connectivity index (χ3v) is 17.3. The van der Waals surface area contributed by atoms with Crippen molar-refractivity contribution in [3.05, 3.63) is 72.9 Å². The highest BCUT2D eigenvalue weighted by Gasteiger charge is 2.44. The van der Waals surface area contributed by atoms with Gasteiger partial charge in [0.1, 0.15) is 24.4 Å². The van der Waals surface area contributed by atoms with Crippen LogP contribution in [0.4, 0.5) is 0 Å². The maximum Gasteiger partial charge on any atom is 0.305 e. The van der Waals surface area contributed by atoms with Crippen LogP contribution in [0.3, 0.4) is 0 Å². The highest BCUT2D eigenvalue weighted by Crippen LogP contribution is 2.23. The zero-order chi connectivity index (χ0) is 63.7. The normalized spacial score (nSPS) is 18.2. The first-order valence-electron chi connectivity index (χ1n) is 37.2. The molecule has 7 atom stereocenters. The van der Waals surface area contributed by atoms with Crippen molar-refractivity contribution in [2.75, 3.05) is 19.8 Å². The minimum Gasteiger partial charge on any atom is -0.466 e. The molecule has 512 valence electrons. The molecule has 0 aromatic heterocycles. The quantitative estimate of drug-likeness (QED) is 0.0195. The number of carbonyl (C=O) groups is 2. The second-order valence-corrected chi connectivity index (χ2v) is 25.6. The van der Waals surface area contributed by atoms with Gasteiger partial charge in [0.2, 0.25) is 5.91 Å². The zero-order valence-electron chi connectivity index (χ0n) is 56.9. The van der Waals surface area contributed by atoms with Gasteiger partial charge in [0, 0.05) is 12.8 Å². The molecule has 7 unspecified atom stereocenters. The van der Waals surface area contributed by atoms with E-state index in [0.29, 0.717) is 19.4 Å². The van der Waals surface area contributed by atoms with Gasteiger partial charge in [0.05, 0.1) is 32.0 Å². The number of esters is 1. The van der Waals surface area contributed by atoms with E-state index in [9.17, 15) is 35.1 Å². The van der Waals surface area contributed by atoms with Crippen molar-refractivity contribution < 1.29 is 49.3 Å². The molecule has 6 N–H and O–H groups in total. The average molecular weight is 1240 g/mol. The molecule has 0 spiro atoms. The molecule has 0 aliphatic carbocycles. The maximum atomic E-state index is 13.0. The van der Waals surface area contributed by atoms with Crippen LogP contribution in [0.15, 0.2) is 72.9 Å². The molecule has 0 radical (unpaired) electrons. The summed E-state index contributed by atoms with van der Waals surface area (Å²) in [7, 11) is 0. The molecular formula is C77H139NO10. The Kier molecular flexibility index (Phi) is 61.9. The first kappa shape index (κ1) is 83.1. The van der Waals surface area contributed by atoms with Crippen LogP contribution in [-0.4, -0.2) is 100 Å². The van der Waals surface area contributed by atoms with E-state index in [1.165, 1.54) is 244 Å². The number of ether oxygens (including phenoxy) is 3. The maximum absolute atomic E-state index is 13.0. The predicted octanol–water partition coefficient (Wildman–Crippen LogP) is 19.5. The summed E-state index contributed by atoms with van der Waals surface area (Å²) >= 11 is 0. The summed E-state index contributed by atoms with van der Waals surface area (Å²) in [5, 5.41) is 54.2. The SMILES string of the molecule is C/C=C/CC/C=C/CC/C=C/C(O)C(COC1OC(CO)C(O)C(O)C1O)NC(=O)CCCCCCCCCCCCCCCCCCC/C=C\C/C=C\CCCCCCCCCCCOC(=O)CCCCCCCCC/C=C\CCCCCCCCC. The summed E-state index contributed by atoms with van der Waals surface area (Å²) in [6, 6.07) is -0.833. The van der Waals surface area contributed by atoms with E-state index in [-0.39, 0.29) is 18.5 Å². The van der Waals surface area contributed by atoms with Crippen LogP contribution in [0.1, 0.15) is 341 Å². The van der Waals surface area contributed by atoms with Gasteiger partial charge in [-0.15, -0.1) is 0 Å². The number of rotatable bonds is 65. The predicted molar refractivity (Wildman–Crippen MR) is 370 cm³/mol. The van der Waals surface area contributed by atoms with Crippen molar-refractivity contribution in [2.24, 2.45) is 0 Å². The number of hydrogen-bond donors (Lipinski definition) is 6. The fourth-order valence-corrected chi connectivity index (χ4v) is 11.5. The Labute approximate surface area is 541 Å². The number of allylic oxidation sites excluding steroid dienone is 11. The topological polar surface area (TPSA) is 175 Å². The van der Waals surface area contributed by atoms with Gasteiger partial charge in [0.15, 0.2) is 6.29 Å². The fraction of sp³-hybridized carbons (Fsp3) is 0.818. The zero-order valence-corrected chi connectivity index (χ0v) is 56.9. The third-order valence-electron chi connectivity index (χ3n) is 17.3. The first-order chi connectivity index (χ1) is 43.2. The lowest BCUT2D eigenvalue weighted by Gasteiger charge is -2.40. The molecule has 0 bridgehead atoms. The van der Waals surface area contributed by atoms with Crippen molar-refractivity contribution >= 4 is 11.9 Å².